The molecule has 2 N–H and O–H groups in total. The minimum atomic E-state index is -3.40. The fourth-order valence-corrected chi connectivity index (χ4v) is 5.65. The van der Waals surface area contributed by atoms with E-state index in [0.29, 0.717) is 25.9 Å². The lowest BCUT2D eigenvalue weighted by Crippen LogP contribution is -2.48. The van der Waals surface area contributed by atoms with E-state index in [1.807, 2.05) is 13.8 Å². The van der Waals surface area contributed by atoms with Gasteiger partial charge in [0, 0.05) is 13.1 Å². The van der Waals surface area contributed by atoms with E-state index in [-0.39, 0.29) is 29.5 Å². The smallest absolute Gasteiger partial charge is 0.238 e. The molecule has 1 fully saturated rings. The van der Waals surface area contributed by atoms with Gasteiger partial charge < -0.3 is 10.6 Å². The molecule has 1 amide bonds. The first-order valence-corrected chi connectivity index (χ1v) is 10.2. The molecular weight excluding hydrogens is 336 g/mol. The molecule has 5 nitrogen and oxygen atoms in total. The number of carbonyl (C=O) groups is 1. The van der Waals surface area contributed by atoms with Crippen molar-refractivity contribution in [1.82, 2.24) is 10.6 Å². The summed E-state index contributed by atoms with van der Waals surface area (Å²) in [5.74, 6) is -0.533. The van der Waals surface area contributed by atoms with E-state index in [9.17, 15) is 13.2 Å². The number of rotatable bonds is 9. The molecule has 0 saturated heterocycles. The first-order valence-electron chi connectivity index (χ1n) is 8.62. The van der Waals surface area contributed by atoms with E-state index in [2.05, 4.69) is 17.6 Å². The molecule has 1 atom stereocenters. The van der Waals surface area contributed by atoms with E-state index >= 15 is 0 Å². The van der Waals surface area contributed by atoms with E-state index < -0.39 is 15.1 Å². The van der Waals surface area contributed by atoms with Gasteiger partial charge in [0.15, 0.2) is 9.84 Å². The zero-order valence-corrected chi connectivity index (χ0v) is 16.3. The van der Waals surface area contributed by atoms with Crippen LogP contribution < -0.4 is 10.6 Å². The Morgan fingerprint density at radius 3 is 2.22 bits per heavy atom. The predicted octanol–water partition coefficient (Wildman–Crippen LogP) is 2.30. The maximum Gasteiger partial charge on any atom is 0.238 e. The summed E-state index contributed by atoms with van der Waals surface area (Å²) < 4.78 is 25.7. The number of halogens is 1. The highest BCUT2D eigenvalue weighted by molar-refractivity contribution is 7.93. The molecule has 7 heteroatoms. The van der Waals surface area contributed by atoms with Gasteiger partial charge in [-0.1, -0.05) is 40.0 Å². The summed E-state index contributed by atoms with van der Waals surface area (Å²) in [6.45, 7) is 7.77. The Bertz CT molecular complexity index is 435. The monoisotopic (exact) mass is 368 g/mol. The van der Waals surface area contributed by atoms with Crippen LogP contribution in [0.2, 0.25) is 0 Å². The molecule has 23 heavy (non-hydrogen) atoms. The molecule has 0 aliphatic heterocycles. The Balaban J connectivity index is 0.00000484. The highest BCUT2D eigenvalue weighted by Gasteiger charge is 2.40. The molecular formula is C16H33ClN2O3S. The summed E-state index contributed by atoms with van der Waals surface area (Å²) in [6.07, 6.45) is 5.47. The van der Waals surface area contributed by atoms with Gasteiger partial charge in [0.2, 0.25) is 5.91 Å². The van der Waals surface area contributed by atoms with Crippen LogP contribution in [0.3, 0.4) is 0 Å². The minimum absolute atomic E-state index is 0. The Morgan fingerprint density at radius 1 is 1.09 bits per heavy atom. The average molecular weight is 369 g/mol. The zero-order chi connectivity index (χ0) is 16.6. The molecule has 1 aliphatic rings. The van der Waals surface area contributed by atoms with Crippen LogP contribution in [0.4, 0.5) is 0 Å². The third-order valence-corrected chi connectivity index (χ3v) is 7.13. The van der Waals surface area contributed by atoms with Gasteiger partial charge in [-0.25, -0.2) is 8.42 Å². The number of carbonyl (C=O) groups excluding carboxylic acids is 1. The Labute approximate surface area is 147 Å². The van der Waals surface area contributed by atoms with Gasteiger partial charge in [-0.3, -0.25) is 4.79 Å². The van der Waals surface area contributed by atoms with Gasteiger partial charge in [-0.15, -0.1) is 12.4 Å². The molecule has 0 aromatic carbocycles. The van der Waals surface area contributed by atoms with Crippen molar-refractivity contribution < 1.29 is 13.2 Å². The van der Waals surface area contributed by atoms with Crippen LogP contribution in [0.1, 0.15) is 59.3 Å². The van der Waals surface area contributed by atoms with Crippen molar-refractivity contribution in [2.24, 2.45) is 5.92 Å². The molecule has 1 saturated carbocycles. The summed E-state index contributed by atoms with van der Waals surface area (Å²) in [6, 6.07) is 0. The molecule has 1 aliphatic carbocycles. The minimum Gasteiger partial charge on any atom is -0.354 e. The number of hydrogen-bond acceptors (Lipinski definition) is 4. The maximum atomic E-state index is 12.8. The molecule has 138 valence electrons. The van der Waals surface area contributed by atoms with Gasteiger partial charge in [0.25, 0.3) is 0 Å². The first kappa shape index (κ1) is 22.7. The SMILES string of the molecule is CCCNCCNC(=O)C(C(C)C)S(=O)(=O)C1CCCCC1.Cl. The third kappa shape index (κ3) is 6.98. The number of hydrogen-bond donors (Lipinski definition) is 2. The van der Waals surface area contributed by atoms with Crippen LogP contribution in [0.25, 0.3) is 0 Å². The van der Waals surface area contributed by atoms with Gasteiger partial charge in [0.05, 0.1) is 5.25 Å². The summed E-state index contributed by atoms with van der Waals surface area (Å²) in [5, 5.41) is 4.73. The summed E-state index contributed by atoms with van der Waals surface area (Å²) >= 11 is 0. The predicted molar refractivity (Wildman–Crippen MR) is 97.8 cm³/mol. The zero-order valence-electron chi connectivity index (χ0n) is 14.6. The van der Waals surface area contributed by atoms with E-state index in [1.165, 1.54) is 0 Å². The molecule has 0 bridgehead atoms. The molecule has 1 unspecified atom stereocenters. The van der Waals surface area contributed by atoms with Gasteiger partial charge in [0.1, 0.15) is 5.25 Å². The Kier molecular flexibility index (Phi) is 11.1. The largest absolute Gasteiger partial charge is 0.354 e. The van der Waals surface area contributed by atoms with Crippen molar-refractivity contribution in [3.05, 3.63) is 0 Å². The van der Waals surface area contributed by atoms with Crippen LogP contribution >= 0.6 is 12.4 Å². The molecule has 0 aromatic rings. The van der Waals surface area contributed by atoms with Crippen LogP contribution in [0.15, 0.2) is 0 Å². The second-order valence-electron chi connectivity index (χ2n) is 6.55. The van der Waals surface area contributed by atoms with Crippen molar-refractivity contribution in [3.63, 3.8) is 0 Å². The summed E-state index contributed by atoms with van der Waals surface area (Å²) in [7, 11) is -3.40. The summed E-state index contributed by atoms with van der Waals surface area (Å²) in [5.41, 5.74) is 0. The lowest BCUT2D eigenvalue weighted by molar-refractivity contribution is -0.121. The highest BCUT2D eigenvalue weighted by Crippen LogP contribution is 2.28. The molecule has 1 rings (SSSR count). The normalized spacial score (nSPS) is 17.6. The topological polar surface area (TPSA) is 75.3 Å². The lowest BCUT2D eigenvalue weighted by atomic mass is 10.0. The van der Waals surface area contributed by atoms with Crippen LogP contribution in [-0.2, 0) is 14.6 Å². The standard InChI is InChI=1S/C16H32N2O3S.ClH/c1-4-10-17-11-12-18-16(19)15(13(2)3)22(20,21)14-8-6-5-7-9-14;/h13-15,17H,4-12H2,1-3H3,(H,18,19);1H. The quantitative estimate of drug-likeness (QED) is 0.612. The third-order valence-electron chi connectivity index (χ3n) is 4.26. The highest BCUT2D eigenvalue weighted by atomic mass is 35.5. The molecule has 0 aromatic heterocycles. The van der Waals surface area contributed by atoms with Gasteiger partial charge >= 0.3 is 0 Å². The van der Waals surface area contributed by atoms with Crippen molar-refractivity contribution >= 4 is 28.2 Å². The average Bonchev–Trinajstić information content (AvgIpc) is 2.47. The Hall–Kier alpha value is -0.330. The van der Waals surface area contributed by atoms with Crippen molar-refractivity contribution in [2.45, 2.75) is 69.8 Å². The molecule has 0 heterocycles. The first-order chi connectivity index (χ1) is 10.4. The second kappa shape index (κ2) is 11.3. The molecule has 0 spiro atoms. The van der Waals surface area contributed by atoms with Crippen molar-refractivity contribution in [1.29, 1.82) is 0 Å². The van der Waals surface area contributed by atoms with E-state index in [4.69, 9.17) is 0 Å². The van der Waals surface area contributed by atoms with E-state index in [1.54, 1.807) is 0 Å². The second-order valence-corrected chi connectivity index (χ2v) is 8.91. The maximum absolute atomic E-state index is 12.8. The fraction of sp³-hybridized carbons (Fsp3) is 0.938. The number of nitrogens with one attached hydrogen (secondary N) is 2. The van der Waals surface area contributed by atoms with Crippen LogP contribution in [0, 0.1) is 5.92 Å². The van der Waals surface area contributed by atoms with E-state index in [0.717, 1.165) is 32.2 Å². The lowest BCUT2D eigenvalue weighted by Gasteiger charge is -2.28. The fourth-order valence-electron chi connectivity index (χ4n) is 3.11. The number of amides is 1. The summed E-state index contributed by atoms with van der Waals surface area (Å²) in [4.78, 5) is 12.4. The molecule has 0 radical (unpaired) electrons. The number of sulfone groups is 1. The van der Waals surface area contributed by atoms with Gasteiger partial charge in [-0.2, -0.15) is 0 Å². The van der Waals surface area contributed by atoms with Crippen LogP contribution in [0.5, 0.6) is 0 Å². The van der Waals surface area contributed by atoms with Crippen molar-refractivity contribution in [3.8, 4) is 0 Å². The van der Waals surface area contributed by atoms with Gasteiger partial charge in [-0.05, 0) is 31.7 Å². The Morgan fingerprint density at radius 2 is 1.70 bits per heavy atom. The van der Waals surface area contributed by atoms with Crippen LogP contribution in [-0.4, -0.2) is 44.5 Å². The van der Waals surface area contributed by atoms with Crippen molar-refractivity contribution in [2.75, 3.05) is 19.6 Å².